The van der Waals surface area contributed by atoms with E-state index in [2.05, 4.69) is 0 Å². The van der Waals surface area contributed by atoms with Crippen molar-refractivity contribution in [2.45, 2.75) is 0 Å². The fourth-order valence-electron chi connectivity index (χ4n) is 0. The molecule has 0 aromatic carbocycles. The van der Waals surface area contributed by atoms with E-state index in [9.17, 15) is 0 Å². The summed E-state index contributed by atoms with van der Waals surface area (Å²) < 4.78 is 0. The summed E-state index contributed by atoms with van der Waals surface area (Å²) in [5.74, 6) is 0. The summed E-state index contributed by atoms with van der Waals surface area (Å²) in [5, 5.41) is 0. The zero-order valence-electron chi connectivity index (χ0n) is 3.42. The molecule has 0 aliphatic heterocycles. The molecule has 0 rings (SSSR count). The van der Waals surface area contributed by atoms with Gasteiger partial charge in [-0.25, -0.2) is 0 Å². The van der Waals surface area contributed by atoms with Gasteiger partial charge in [0.15, 0.2) is 0 Å². The molecule has 0 aliphatic rings. The van der Waals surface area contributed by atoms with Gasteiger partial charge in [-0.1, -0.05) is 0 Å². The molecule has 0 atom stereocenters. The second-order valence-electron chi connectivity index (χ2n) is 0. The first-order valence-electron chi connectivity index (χ1n) is 0. The Kier molecular flexibility index (Phi) is 346. The van der Waals surface area contributed by atoms with Crippen LogP contribution < -0.4 is 0 Å². The molecular formula is Bi2NiPbTi2Zn. The summed E-state index contributed by atoms with van der Waals surface area (Å²) >= 11 is 0. The van der Waals surface area contributed by atoms with E-state index in [1.165, 1.54) is 0 Å². The van der Waals surface area contributed by atoms with Crippen molar-refractivity contribution in [1.29, 1.82) is 0 Å². The van der Waals surface area contributed by atoms with Crippen LogP contribution in [-0.4, -0.2) is 79.7 Å². The monoisotopic (exact) mass is 844 g/mol. The Morgan fingerprint density at radius 2 is 0.714 bits per heavy atom. The third-order valence-corrected chi connectivity index (χ3v) is 0. The molecule has 0 unspecified atom stereocenters. The topological polar surface area (TPSA) is 0 Å². The molecule has 0 saturated carbocycles. The molecule has 0 fully saturated rings. The van der Waals surface area contributed by atoms with Crippen molar-refractivity contribution in [3.8, 4) is 0 Å². The van der Waals surface area contributed by atoms with Crippen molar-refractivity contribution >= 4 is 79.7 Å². The van der Waals surface area contributed by atoms with Crippen molar-refractivity contribution < 1.29 is 79.4 Å². The van der Waals surface area contributed by atoms with Crippen LogP contribution in [0.1, 0.15) is 0 Å². The molecule has 34 valence electrons. The van der Waals surface area contributed by atoms with Gasteiger partial charge >= 0.3 is 0 Å². The first-order valence-corrected chi connectivity index (χ1v) is 0. The van der Waals surface area contributed by atoms with E-state index in [0.29, 0.717) is 0 Å². The molecule has 0 heterocycles. The first-order chi connectivity index (χ1) is 0. The van der Waals surface area contributed by atoms with Gasteiger partial charge in [0.1, 0.15) is 0 Å². The van der Waals surface area contributed by atoms with Crippen molar-refractivity contribution in [2.75, 3.05) is 0 Å². The average molecular weight is 845 g/mol. The van der Waals surface area contributed by atoms with E-state index >= 15 is 0 Å². The maximum atomic E-state index is 0. The minimum absolute atomic E-state index is 0. The van der Waals surface area contributed by atoms with Gasteiger partial charge in [-0.2, -0.15) is 0 Å². The van der Waals surface area contributed by atoms with Crippen LogP contribution in [-0.2, 0) is 79.4 Å². The van der Waals surface area contributed by atoms with Crippen LogP contribution in [0.15, 0.2) is 0 Å². The SMILES string of the molecule is [Bi].[Bi].[Ni].[Pb].[Ti].[Ti].[Zn]. The zero-order chi connectivity index (χ0) is 0. The summed E-state index contributed by atoms with van der Waals surface area (Å²) in [6.45, 7) is 0. The predicted molar refractivity (Wildman–Crippen MR) is 17.3 cm³/mol. The van der Waals surface area contributed by atoms with Crippen LogP contribution in [0, 0.1) is 0 Å². The van der Waals surface area contributed by atoms with Gasteiger partial charge < -0.3 is 0 Å². The van der Waals surface area contributed by atoms with Gasteiger partial charge in [0, 0.05) is 159 Å². The number of hydrogen-bond acceptors (Lipinski definition) is 0. The standard InChI is InChI=1S/2Bi.Ni.Pb.2Ti.Zn. The van der Waals surface area contributed by atoms with Gasteiger partial charge in [0.05, 0.1) is 0 Å². The van der Waals surface area contributed by atoms with Gasteiger partial charge in [0.25, 0.3) is 0 Å². The molecule has 0 aromatic rings. The molecule has 7 heteroatoms. The van der Waals surface area contributed by atoms with Crippen molar-refractivity contribution in [1.82, 2.24) is 0 Å². The van der Waals surface area contributed by atoms with Gasteiger partial charge in [-0.05, 0) is 0 Å². The third-order valence-electron chi connectivity index (χ3n) is 0. The summed E-state index contributed by atoms with van der Waals surface area (Å²) in [6, 6.07) is 0. The first kappa shape index (κ1) is 56.4. The number of hydrogen-bond donors (Lipinski definition) is 0. The van der Waals surface area contributed by atoms with Gasteiger partial charge in [-0.3, -0.25) is 0 Å². The Hall–Kier alpha value is 5.23. The van der Waals surface area contributed by atoms with E-state index in [-0.39, 0.29) is 159 Å². The minimum Gasteiger partial charge on any atom is 0 e. The second-order valence-corrected chi connectivity index (χ2v) is 0. The molecule has 0 bridgehead atoms. The summed E-state index contributed by atoms with van der Waals surface area (Å²) in [7, 11) is 0. The van der Waals surface area contributed by atoms with Crippen LogP contribution in [0.5, 0.6) is 0 Å². The summed E-state index contributed by atoms with van der Waals surface area (Å²) in [6.07, 6.45) is 0. The maximum Gasteiger partial charge on any atom is 0 e. The molecular weight excluding hydrogens is 845 g/mol. The van der Waals surface area contributed by atoms with Crippen LogP contribution in [0.3, 0.4) is 0 Å². The fourth-order valence-corrected chi connectivity index (χ4v) is 0. The normalized spacial score (nSPS) is 0. The van der Waals surface area contributed by atoms with Crippen molar-refractivity contribution in [2.24, 2.45) is 0 Å². The quantitative estimate of drug-likeness (QED) is 0.271. The Morgan fingerprint density at radius 1 is 0.714 bits per heavy atom. The minimum atomic E-state index is 0. The molecule has 7 heavy (non-hydrogen) atoms. The van der Waals surface area contributed by atoms with Crippen molar-refractivity contribution in [3.05, 3.63) is 0 Å². The van der Waals surface area contributed by atoms with Crippen LogP contribution in [0.25, 0.3) is 0 Å². The Balaban J connectivity index is 0. The Labute approximate surface area is 155 Å². The smallest absolute Gasteiger partial charge is 0 e. The Bertz CT molecular complexity index is 15.7. The molecule has 0 spiro atoms. The van der Waals surface area contributed by atoms with Crippen molar-refractivity contribution in [3.63, 3.8) is 0 Å². The van der Waals surface area contributed by atoms with E-state index in [0.717, 1.165) is 0 Å². The van der Waals surface area contributed by atoms with Gasteiger partial charge in [0.2, 0.25) is 0 Å². The van der Waals surface area contributed by atoms with Gasteiger partial charge in [-0.15, -0.1) is 0 Å². The van der Waals surface area contributed by atoms with E-state index in [1.54, 1.807) is 0 Å². The largest absolute Gasteiger partial charge is 0 e. The summed E-state index contributed by atoms with van der Waals surface area (Å²) in [4.78, 5) is 0. The maximum absolute atomic E-state index is 0. The van der Waals surface area contributed by atoms with E-state index < -0.39 is 0 Å². The molecule has 0 N–H and O–H groups in total. The Morgan fingerprint density at radius 3 is 0.714 bits per heavy atom. The van der Waals surface area contributed by atoms with Crippen LogP contribution in [0.2, 0.25) is 0 Å². The van der Waals surface area contributed by atoms with Crippen LogP contribution >= 0.6 is 0 Å². The zero-order valence-corrected chi connectivity index (χ0v) is 21.3. The van der Waals surface area contributed by atoms with E-state index in [4.69, 9.17) is 0 Å². The molecule has 0 nitrogen and oxygen atoms in total. The van der Waals surface area contributed by atoms with Crippen LogP contribution in [0.4, 0.5) is 0 Å². The average Bonchev–Trinajstić information content (AvgIpc) is 0. The van der Waals surface area contributed by atoms with E-state index in [1.807, 2.05) is 0 Å². The molecule has 0 amide bonds. The summed E-state index contributed by atoms with van der Waals surface area (Å²) in [5.41, 5.74) is 0. The third kappa shape index (κ3) is 35.0. The fraction of sp³-hybridized carbons (Fsp3) is 0. The molecule has 10 radical (unpaired) electrons. The number of rotatable bonds is 0. The predicted octanol–water partition coefficient (Wildman–Crippen LogP) is -1.15. The molecule has 0 saturated heterocycles. The second kappa shape index (κ2) is 43.0. The molecule has 0 aliphatic carbocycles. The molecule has 0 aromatic heterocycles.